The molecule has 0 aliphatic carbocycles. The van der Waals surface area contributed by atoms with Crippen molar-refractivity contribution >= 4 is 23.8 Å². The van der Waals surface area contributed by atoms with Gasteiger partial charge in [-0.15, -0.1) is 0 Å². The third-order valence-corrected chi connectivity index (χ3v) is 3.83. The second-order valence-corrected chi connectivity index (χ2v) is 6.09. The van der Waals surface area contributed by atoms with E-state index >= 15 is 0 Å². The molecule has 0 saturated carbocycles. The molecule has 0 aromatic rings. The fourth-order valence-electron chi connectivity index (χ4n) is 2.72. The highest BCUT2D eigenvalue weighted by molar-refractivity contribution is 5.97. The lowest BCUT2D eigenvalue weighted by Gasteiger charge is -2.36. The van der Waals surface area contributed by atoms with Crippen LogP contribution < -0.4 is 0 Å². The summed E-state index contributed by atoms with van der Waals surface area (Å²) in [6.07, 6.45) is -0.353. The maximum atomic E-state index is 12.1. The van der Waals surface area contributed by atoms with Gasteiger partial charge in [-0.25, -0.2) is 4.79 Å². The van der Waals surface area contributed by atoms with Gasteiger partial charge in [-0.05, 0) is 13.3 Å². The summed E-state index contributed by atoms with van der Waals surface area (Å²) < 4.78 is 15.0. The number of Topliss-reactive ketones (excluding diaryl/α,β-unsaturated/α-hetero) is 1. The second-order valence-electron chi connectivity index (χ2n) is 6.09. The van der Waals surface area contributed by atoms with E-state index in [2.05, 4.69) is 0 Å². The normalized spacial score (nSPS) is 24.9. The van der Waals surface area contributed by atoms with Crippen LogP contribution in [0.25, 0.3) is 0 Å². The molecule has 1 atom stereocenters. The summed E-state index contributed by atoms with van der Waals surface area (Å²) in [5.41, 5.74) is 0. The molecule has 0 radical (unpaired) electrons. The summed E-state index contributed by atoms with van der Waals surface area (Å²) >= 11 is 0. The number of rotatable bonds is 3. The molecule has 2 aliphatic rings. The SMILES string of the molecule is CCOC(=O)N1CCC(=O)C(CC2C(=O)OC(C)(C)OC2=O)C1. The van der Waals surface area contributed by atoms with Gasteiger partial charge >= 0.3 is 18.0 Å². The fraction of sp³-hybridized carbons (Fsp3) is 0.733. The molecule has 2 fully saturated rings. The predicted octanol–water partition coefficient (Wildman–Crippen LogP) is 0.876. The van der Waals surface area contributed by atoms with Gasteiger partial charge in [0.25, 0.3) is 5.79 Å². The van der Waals surface area contributed by atoms with Crippen LogP contribution in [0.15, 0.2) is 0 Å². The van der Waals surface area contributed by atoms with E-state index in [9.17, 15) is 19.2 Å². The van der Waals surface area contributed by atoms with Gasteiger partial charge in [0.2, 0.25) is 0 Å². The maximum Gasteiger partial charge on any atom is 0.409 e. The summed E-state index contributed by atoms with van der Waals surface area (Å²) in [7, 11) is 0. The zero-order chi connectivity index (χ0) is 17.2. The molecule has 128 valence electrons. The Balaban J connectivity index is 2.03. The molecule has 1 amide bonds. The van der Waals surface area contributed by atoms with Gasteiger partial charge < -0.3 is 19.1 Å². The van der Waals surface area contributed by atoms with E-state index in [1.165, 1.54) is 18.7 Å². The number of carbonyl (C=O) groups is 4. The van der Waals surface area contributed by atoms with E-state index in [1.807, 2.05) is 0 Å². The second kappa shape index (κ2) is 6.55. The Labute approximate surface area is 134 Å². The lowest BCUT2D eigenvalue weighted by molar-refractivity contribution is -0.240. The van der Waals surface area contributed by atoms with Gasteiger partial charge in [-0.3, -0.25) is 14.4 Å². The minimum absolute atomic E-state index is 0.0253. The summed E-state index contributed by atoms with van der Waals surface area (Å²) in [5, 5.41) is 0. The van der Waals surface area contributed by atoms with Gasteiger partial charge in [0.1, 0.15) is 5.78 Å². The average molecular weight is 327 g/mol. The van der Waals surface area contributed by atoms with Crippen molar-refractivity contribution in [3.63, 3.8) is 0 Å². The number of nitrogens with zero attached hydrogens (tertiary/aromatic N) is 1. The van der Waals surface area contributed by atoms with Gasteiger partial charge in [0.15, 0.2) is 5.92 Å². The number of cyclic esters (lactones) is 2. The van der Waals surface area contributed by atoms with Crippen molar-refractivity contribution in [3.05, 3.63) is 0 Å². The predicted molar refractivity (Wildman–Crippen MR) is 76.1 cm³/mol. The van der Waals surface area contributed by atoms with E-state index in [4.69, 9.17) is 14.2 Å². The van der Waals surface area contributed by atoms with Crippen molar-refractivity contribution < 1.29 is 33.4 Å². The molecule has 2 rings (SSSR count). The molecule has 1 unspecified atom stereocenters. The van der Waals surface area contributed by atoms with Gasteiger partial charge in [0, 0.05) is 39.3 Å². The Hall–Kier alpha value is -2.12. The molecule has 0 N–H and O–H groups in total. The highest BCUT2D eigenvalue weighted by Crippen LogP contribution is 2.29. The molecule has 8 heteroatoms. The van der Waals surface area contributed by atoms with Crippen molar-refractivity contribution in [3.8, 4) is 0 Å². The molecule has 2 aliphatic heterocycles. The quantitative estimate of drug-likeness (QED) is 0.560. The molecule has 23 heavy (non-hydrogen) atoms. The number of likely N-dealkylation sites (tertiary alicyclic amines) is 1. The molecule has 2 heterocycles. The van der Waals surface area contributed by atoms with E-state index in [-0.39, 0.29) is 38.3 Å². The largest absolute Gasteiger partial charge is 0.450 e. The molecule has 8 nitrogen and oxygen atoms in total. The topological polar surface area (TPSA) is 99.2 Å². The van der Waals surface area contributed by atoms with Crippen LogP contribution in [0.1, 0.15) is 33.6 Å². The Kier molecular flexibility index (Phi) is 4.91. The number of amides is 1. The number of esters is 2. The van der Waals surface area contributed by atoms with Gasteiger partial charge in [0.05, 0.1) is 6.61 Å². The van der Waals surface area contributed by atoms with E-state index in [0.717, 1.165) is 0 Å². The molecule has 0 bridgehead atoms. The van der Waals surface area contributed by atoms with Crippen LogP contribution in [-0.4, -0.2) is 54.2 Å². The molecular formula is C15H21NO7. The van der Waals surface area contributed by atoms with Crippen LogP contribution in [0.3, 0.4) is 0 Å². The molecule has 0 spiro atoms. The number of carbonyl (C=O) groups excluding carboxylic acids is 4. The van der Waals surface area contributed by atoms with Crippen LogP contribution in [-0.2, 0) is 28.6 Å². The zero-order valence-corrected chi connectivity index (χ0v) is 13.5. The van der Waals surface area contributed by atoms with E-state index in [1.54, 1.807) is 6.92 Å². The van der Waals surface area contributed by atoms with Crippen LogP contribution in [0.5, 0.6) is 0 Å². The lowest BCUT2D eigenvalue weighted by atomic mass is 9.87. The number of ether oxygens (including phenoxy) is 3. The third kappa shape index (κ3) is 4.00. The van der Waals surface area contributed by atoms with E-state index < -0.39 is 35.7 Å². The number of hydrogen-bond donors (Lipinski definition) is 0. The summed E-state index contributed by atoms with van der Waals surface area (Å²) in [4.78, 5) is 49.2. The number of piperidine rings is 1. The first-order chi connectivity index (χ1) is 10.7. The maximum absolute atomic E-state index is 12.1. The van der Waals surface area contributed by atoms with Crippen LogP contribution >= 0.6 is 0 Å². The lowest BCUT2D eigenvalue weighted by Crippen LogP contribution is -2.49. The molecular weight excluding hydrogens is 306 g/mol. The number of hydrogen-bond acceptors (Lipinski definition) is 7. The van der Waals surface area contributed by atoms with Crippen molar-refractivity contribution in [2.75, 3.05) is 19.7 Å². The molecule has 2 saturated heterocycles. The smallest absolute Gasteiger partial charge is 0.409 e. The minimum Gasteiger partial charge on any atom is -0.450 e. The van der Waals surface area contributed by atoms with Crippen molar-refractivity contribution in [1.29, 1.82) is 0 Å². The van der Waals surface area contributed by atoms with Crippen LogP contribution in [0.4, 0.5) is 4.79 Å². The Morgan fingerprint density at radius 2 is 1.87 bits per heavy atom. The number of ketones is 1. The molecule has 0 aromatic carbocycles. The first-order valence-corrected chi connectivity index (χ1v) is 7.63. The highest BCUT2D eigenvalue weighted by Gasteiger charge is 2.45. The Morgan fingerprint density at radius 1 is 1.26 bits per heavy atom. The summed E-state index contributed by atoms with van der Waals surface area (Å²) in [6, 6.07) is 0. The van der Waals surface area contributed by atoms with Crippen molar-refractivity contribution in [2.24, 2.45) is 11.8 Å². The summed E-state index contributed by atoms with van der Waals surface area (Å²) in [6.45, 7) is 5.27. The van der Waals surface area contributed by atoms with Crippen molar-refractivity contribution in [1.82, 2.24) is 4.90 Å². The Bertz CT molecular complexity index is 508. The van der Waals surface area contributed by atoms with Crippen LogP contribution in [0, 0.1) is 11.8 Å². The molecule has 0 aromatic heterocycles. The monoisotopic (exact) mass is 327 g/mol. The first kappa shape index (κ1) is 17.2. The van der Waals surface area contributed by atoms with E-state index in [0.29, 0.717) is 0 Å². The van der Waals surface area contributed by atoms with Crippen molar-refractivity contribution in [2.45, 2.75) is 39.4 Å². The highest BCUT2D eigenvalue weighted by atomic mass is 16.7. The van der Waals surface area contributed by atoms with Gasteiger partial charge in [-0.2, -0.15) is 0 Å². The first-order valence-electron chi connectivity index (χ1n) is 7.63. The fourth-order valence-corrected chi connectivity index (χ4v) is 2.72. The third-order valence-electron chi connectivity index (χ3n) is 3.83. The van der Waals surface area contributed by atoms with Crippen LogP contribution in [0.2, 0.25) is 0 Å². The minimum atomic E-state index is -1.29. The Morgan fingerprint density at radius 3 is 2.43 bits per heavy atom. The standard InChI is InChI=1S/C15H21NO7/c1-4-21-14(20)16-6-5-11(17)9(8-16)7-10-12(18)22-15(2,3)23-13(10)19/h9-10H,4-8H2,1-3H3. The van der Waals surface area contributed by atoms with Gasteiger partial charge in [-0.1, -0.05) is 0 Å². The average Bonchev–Trinajstić information content (AvgIpc) is 2.43. The zero-order valence-electron chi connectivity index (χ0n) is 13.5. The summed E-state index contributed by atoms with van der Waals surface area (Å²) in [5.74, 6) is -4.53.